The SMILES string of the molecule is Cc1cc(-c2cc(-c3ccccc3)n(CC(=O)N3CCc4cnc(Nc5ccccc5)nc4CC3)n2)ccc1F. The number of hydrogen-bond acceptors (Lipinski definition) is 5. The minimum Gasteiger partial charge on any atom is -0.340 e. The van der Waals surface area contributed by atoms with Crippen LogP contribution < -0.4 is 5.32 Å². The number of carbonyl (C=O) groups is 1. The first-order valence-corrected chi connectivity index (χ1v) is 13.4. The molecule has 1 aliphatic rings. The summed E-state index contributed by atoms with van der Waals surface area (Å²) in [4.78, 5) is 24.7. The summed E-state index contributed by atoms with van der Waals surface area (Å²) in [6.45, 7) is 3.00. The molecule has 0 saturated heterocycles. The number of anilines is 2. The van der Waals surface area contributed by atoms with E-state index in [9.17, 15) is 9.18 Å². The monoisotopic (exact) mass is 532 g/mol. The van der Waals surface area contributed by atoms with Crippen LogP contribution in [0.3, 0.4) is 0 Å². The van der Waals surface area contributed by atoms with Crippen molar-refractivity contribution in [2.24, 2.45) is 0 Å². The van der Waals surface area contributed by atoms with Gasteiger partial charge in [0.2, 0.25) is 11.9 Å². The van der Waals surface area contributed by atoms with Gasteiger partial charge in [0, 0.05) is 37.0 Å². The molecule has 1 aliphatic heterocycles. The highest BCUT2D eigenvalue weighted by Crippen LogP contribution is 2.28. The molecule has 5 aromatic rings. The molecule has 8 heteroatoms. The van der Waals surface area contributed by atoms with E-state index in [1.165, 1.54) is 6.07 Å². The van der Waals surface area contributed by atoms with Crippen molar-refractivity contribution in [2.75, 3.05) is 18.4 Å². The molecule has 0 atom stereocenters. The van der Waals surface area contributed by atoms with E-state index in [0.717, 1.165) is 33.8 Å². The van der Waals surface area contributed by atoms with Crippen LogP contribution in [0.4, 0.5) is 16.0 Å². The standard InChI is InChI=1S/C32H29FN6O/c1-22-18-24(12-13-27(22)33)29-19-30(23-8-4-2-5-9-23)39(37-29)21-31(40)38-16-14-25-20-34-32(36-28(25)15-17-38)35-26-10-6-3-7-11-26/h2-13,18-20H,14-17,21H2,1H3,(H,34,35,36). The first kappa shape index (κ1) is 25.4. The molecular formula is C32H29FN6O. The molecule has 3 heterocycles. The Morgan fingerprint density at radius 1 is 0.925 bits per heavy atom. The number of fused-ring (bicyclic) bond motifs is 1. The zero-order chi connectivity index (χ0) is 27.5. The Morgan fingerprint density at radius 3 is 2.45 bits per heavy atom. The van der Waals surface area contributed by atoms with Gasteiger partial charge in [-0.2, -0.15) is 5.10 Å². The molecule has 1 N–H and O–H groups in total. The Labute approximate surface area is 232 Å². The van der Waals surface area contributed by atoms with Gasteiger partial charge in [-0.3, -0.25) is 9.48 Å². The molecule has 0 radical (unpaired) electrons. The summed E-state index contributed by atoms with van der Waals surface area (Å²) in [6, 6.07) is 26.6. The summed E-state index contributed by atoms with van der Waals surface area (Å²) in [5.74, 6) is 0.291. The van der Waals surface area contributed by atoms with Gasteiger partial charge in [0.25, 0.3) is 0 Å². The lowest BCUT2D eigenvalue weighted by Crippen LogP contribution is -2.36. The summed E-state index contributed by atoms with van der Waals surface area (Å²) >= 11 is 0. The van der Waals surface area contributed by atoms with Crippen LogP contribution in [0.5, 0.6) is 0 Å². The van der Waals surface area contributed by atoms with Crippen LogP contribution in [0.1, 0.15) is 16.8 Å². The highest BCUT2D eigenvalue weighted by molar-refractivity contribution is 5.78. The molecule has 0 fully saturated rings. The van der Waals surface area contributed by atoms with Crippen LogP contribution in [0, 0.1) is 12.7 Å². The zero-order valence-corrected chi connectivity index (χ0v) is 22.2. The number of halogens is 1. The summed E-state index contributed by atoms with van der Waals surface area (Å²) in [5, 5.41) is 8.04. The maximum absolute atomic E-state index is 13.9. The van der Waals surface area contributed by atoms with Gasteiger partial charge in [-0.25, -0.2) is 14.4 Å². The smallest absolute Gasteiger partial charge is 0.244 e. The number of rotatable bonds is 6. The van der Waals surface area contributed by atoms with E-state index in [2.05, 4.69) is 10.3 Å². The van der Waals surface area contributed by atoms with E-state index < -0.39 is 0 Å². The van der Waals surface area contributed by atoms with Gasteiger partial charge in [0.05, 0.1) is 17.1 Å². The Kier molecular flexibility index (Phi) is 7.06. The van der Waals surface area contributed by atoms with Crippen LogP contribution >= 0.6 is 0 Å². The lowest BCUT2D eigenvalue weighted by molar-refractivity contribution is -0.131. The summed E-state index contributed by atoms with van der Waals surface area (Å²) in [6.07, 6.45) is 3.20. The van der Waals surface area contributed by atoms with Crippen molar-refractivity contribution in [2.45, 2.75) is 26.3 Å². The predicted octanol–water partition coefficient (Wildman–Crippen LogP) is 5.83. The van der Waals surface area contributed by atoms with E-state index in [0.29, 0.717) is 43.1 Å². The molecule has 40 heavy (non-hydrogen) atoms. The van der Waals surface area contributed by atoms with Crippen molar-refractivity contribution in [3.8, 4) is 22.5 Å². The van der Waals surface area contributed by atoms with Crippen molar-refractivity contribution in [1.29, 1.82) is 0 Å². The molecule has 7 nitrogen and oxygen atoms in total. The molecule has 0 aliphatic carbocycles. The first-order chi connectivity index (χ1) is 19.5. The molecule has 200 valence electrons. The minimum absolute atomic E-state index is 0.00878. The number of nitrogens with one attached hydrogen (secondary N) is 1. The van der Waals surface area contributed by atoms with Crippen LogP contribution in [0.15, 0.2) is 91.1 Å². The van der Waals surface area contributed by atoms with Crippen molar-refractivity contribution in [3.63, 3.8) is 0 Å². The maximum atomic E-state index is 13.9. The summed E-state index contributed by atoms with van der Waals surface area (Å²) in [5.41, 5.74) is 6.82. The number of aromatic nitrogens is 4. The van der Waals surface area contributed by atoms with Crippen molar-refractivity contribution < 1.29 is 9.18 Å². The molecule has 0 unspecified atom stereocenters. The van der Waals surface area contributed by atoms with Gasteiger partial charge in [0.15, 0.2) is 0 Å². The van der Waals surface area contributed by atoms with Crippen LogP contribution in [-0.2, 0) is 24.2 Å². The number of nitrogens with zero attached hydrogens (tertiary/aromatic N) is 5. The molecule has 2 aromatic heterocycles. The average molecular weight is 533 g/mol. The number of amides is 1. The zero-order valence-electron chi connectivity index (χ0n) is 22.2. The van der Waals surface area contributed by atoms with Gasteiger partial charge in [-0.15, -0.1) is 0 Å². The third kappa shape index (κ3) is 5.47. The Bertz CT molecular complexity index is 1650. The largest absolute Gasteiger partial charge is 0.340 e. The second-order valence-electron chi connectivity index (χ2n) is 9.94. The second-order valence-corrected chi connectivity index (χ2v) is 9.94. The van der Waals surface area contributed by atoms with Gasteiger partial charge in [-0.1, -0.05) is 48.5 Å². The molecule has 1 amide bonds. The van der Waals surface area contributed by atoms with Crippen LogP contribution in [0.25, 0.3) is 22.5 Å². The number of hydrogen-bond donors (Lipinski definition) is 1. The van der Waals surface area contributed by atoms with Gasteiger partial charge in [-0.05, 0) is 66.4 Å². The Morgan fingerprint density at radius 2 is 1.68 bits per heavy atom. The number of aryl methyl sites for hydroxylation is 1. The van der Waals surface area contributed by atoms with E-state index >= 15 is 0 Å². The Balaban J connectivity index is 1.21. The fourth-order valence-electron chi connectivity index (χ4n) is 4.99. The second kappa shape index (κ2) is 11.1. The van der Waals surface area contributed by atoms with Crippen molar-refractivity contribution in [3.05, 3.63) is 114 Å². The molecule has 0 saturated carbocycles. The third-order valence-electron chi connectivity index (χ3n) is 7.19. The van der Waals surface area contributed by atoms with E-state index in [4.69, 9.17) is 10.1 Å². The van der Waals surface area contributed by atoms with Crippen LogP contribution in [0.2, 0.25) is 0 Å². The van der Waals surface area contributed by atoms with Gasteiger partial charge >= 0.3 is 0 Å². The highest BCUT2D eigenvalue weighted by Gasteiger charge is 2.22. The predicted molar refractivity (Wildman–Crippen MR) is 154 cm³/mol. The average Bonchev–Trinajstić information content (AvgIpc) is 3.27. The normalized spacial score (nSPS) is 13.0. The summed E-state index contributed by atoms with van der Waals surface area (Å²) < 4.78 is 15.7. The molecular weight excluding hydrogens is 503 g/mol. The van der Waals surface area contributed by atoms with Gasteiger partial charge in [0.1, 0.15) is 12.4 Å². The molecule has 0 bridgehead atoms. The van der Waals surface area contributed by atoms with E-state index in [1.54, 1.807) is 23.7 Å². The van der Waals surface area contributed by atoms with Gasteiger partial charge < -0.3 is 10.2 Å². The third-order valence-corrected chi connectivity index (χ3v) is 7.19. The number of benzene rings is 3. The Hall–Kier alpha value is -4.85. The fraction of sp³-hybridized carbons (Fsp3) is 0.188. The van der Waals surface area contributed by atoms with Crippen LogP contribution in [-0.4, -0.2) is 43.6 Å². The fourth-order valence-corrected chi connectivity index (χ4v) is 4.99. The lowest BCUT2D eigenvalue weighted by Gasteiger charge is -2.20. The number of para-hydroxylation sites is 1. The van der Waals surface area contributed by atoms with E-state index in [1.807, 2.05) is 77.8 Å². The highest BCUT2D eigenvalue weighted by atomic mass is 19.1. The quantitative estimate of drug-likeness (QED) is 0.298. The summed E-state index contributed by atoms with van der Waals surface area (Å²) in [7, 11) is 0. The molecule has 0 spiro atoms. The van der Waals surface area contributed by atoms with E-state index in [-0.39, 0.29) is 18.3 Å². The minimum atomic E-state index is -0.253. The first-order valence-electron chi connectivity index (χ1n) is 13.4. The van der Waals surface area contributed by atoms with Crippen molar-refractivity contribution >= 4 is 17.5 Å². The van der Waals surface area contributed by atoms with Crippen molar-refractivity contribution in [1.82, 2.24) is 24.6 Å². The molecule has 6 rings (SSSR count). The maximum Gasteiger partial charge on any atom is 0.244 e. The molecule has 3 aromatic carbocycles. The topological polar surface area (TPSA) is 75.9 Å². The number of carbonyl (C=O) groups excluding carboxylic acids is 1. The lowest BCUT2D eigenvalue weighted by atomic mass is 10.1.